The molecule has 1 aromatic heterocycles. The summed E-state index contributed by atoms with van der Waals surface area (Å²) in [7, 11) is 0. The van der Waals surface area contributed by atoms with Gasteiger partial charge in [-0.2, -0.15) is 0 Å². The van der Waals surface area contributed by atoms with Crippen molar-refractivity contribution in [2.75, 3.05) is 24.5 Å². The second kappa shape index (κ2) is 6.54. The fourth-order valence-corrected chi connectivity index (χ4v) is 3.02. The van der Waals surface area contributed by atoms with Crippen LogP contribution in [0, 0.1) is 12.7 Å². The van der Waals surface area contributed by atoms with Gasteiger partial charge in [-0.1, -0.05) is 6.07 Å². The highest BCUT2D eigenvalue weighted by Gasteiger charge is 2.24. The fraction of sp³-hybridized carbons (Fsp3) is 0.353. The van der Waals surface area contributed by atoms with Gasteiger partial charge in [0.25, 0.3) is 0 Å². The fourth-order valence-electron chi connectivity index (χ4n) is 3.02. The van der Waals surface area contributed by atoms with Crippen molar-refractivity contribution in [3.63, 3.8) is 0 Å². The maximum Gasteiger partial charge on any atom is 0.405 e. The highest BCUT2D eigenvalue weighted by Crippen LogP contribution is 2.31. The van der Waals surface area contributed by atoms with Crippen LogP contribution >= 0.6 is 0 Å². The lowest BCUT2D eigenvalue weighted by Gasteiger charge is -2.31. The number of hydrogen-bond donors (Lipinski definition) is 3. The van der Waals surface area contributed by atoms with Crippen molar-refractivity contribution in [1.29, 1.82) is 0 Å². The van der Waals surface area contributed by atoms with Gasteiger partial charge in [-0.3, -0.25) is 4.79 Å². The van der Waals surface area contributed by atoms with E-state index in [0.717, 1.165) is 5.56 Å². The van der Waals surface area contributed by atoms with Crippen LogP contribution in [0.15, 0.2) is 18.2 Å². The topological polar surface area (TPSA) is 94.6 Å². The van der Waals surface area contributed by atoms with Crippen LogP contribution < -0.4 is 15.5 Å². The van der Waals surface area contributed by atoms with E-state index in [0.29, 0.717) is 35.4 Å². The molecule has 2 heterocycles. The number of carbonyl (C=O) groups excluding carboxylic acids is 1. The van der Waals surface area contributed by atoms with Crippen LogP contribution in [0.3, 0.4) is 0 Å². The van der Waals surface area contributed by atoms with Gasteiger partial charge in [-0.15, -0.1) is 0 Å². The lowest BCUT2D eigenvalue weighted by Crippen LogP contribution is -2.48. The molecular formula is C17H19FN4O3. The molecule has 8 heteroatoms. The number of hydrogen-bond acceptors (Lipinski definition) is 4. The number of aromatic nitrogens is 1. The van der Waals surface area contributed by atoms with Crippen LogP contribution in [0.5, 0.6) is 0 Å². The number of piperazine rings is 1. The zero-order valence-corrected chi connectivity index (χ0v) is 14.0. The van der Waals surface area contributed by atoms with Gasteiger partial charge in [-0.25, -0.2) is 14.2 Å². The zero-order valence-electron chi connectivity index (χ0n) is 14.0. The number of nitrogens with zero attached hydrogens (tertiary/aromatic N) is 2. The summed E-state index contributed by atoms with van der Waals surface area (Å²) >= 11 is 0. The molecule has 2 amide bonds. The number of nitrogens with one attached hydrogen (secondary N) is 2. The van der Waals surface area contributed by atoms with Gasteiger partial charge in [-0.05, 0) is 31.5 Å². The number of halogens is 1. The van der Waals surface area contributed by atoms with Crippen molar-refractivity contribution in [1.82, 2.24) is 15.6 Å². The first-order valence-electron chi connectivity index (χ1n) is 7.97. The summed E-state index contributed by atoms with van der Waals surface area (Å²) in [6, 6.07) is 4.03. The van der Waals surface area contributed by atoms with E-state index in [-0.39, 0.29) is 12.5 Å². The third kappa shape index (κ3) is 3.33. The van der Waals surface area contributed by atoms with Crippen LogP contribution in [-0.2, 0) is 4.79 Å². The second-order valence-corrected chi connectivity index (χ2v) is 6.10. The van der Waals surface area contributed by atoms with E-state index in [2.05, 4.69) is 15.6 Å². The van der Waals surface area contributed by atoms with E-state index in [1.807, 2.05) is 6.92 Å². The average Bonchev–Trinajstić information content (AvgIpc) is 2.56. The Kier molecular flexibility index (Phi) is 4.43. The molecule has 1 fully saturated rings. The van der Waals surface area contributed by atoms with E-state index < -0.39 is 18.0 Å². The van der Waals surface area contributed by atoms with E-state index >= 15 is 0 Å². The van der Waals surface area contributed by atoms with Crippen LogP contribution in [0.2, 0.25) is 0 Å². The minimum atomic E-state index is -1.18. The molecule has 7 nitrogen and oxygen atoms in total. The Hall–Kier alpha value is -2.90. The zero-order chi connectivity index (χ0) is 18.1. The second-order valence-electron chi connectivity index (χ2n) is 6.10. The summed E-state index contributed by atoms with van der Waals surface area (Å²) in [5, 5.41) is 14.5. The first-order chi connectivity index (χ1) is 11.9. The Morgan fingerprint density at radius 3 is 2.92 bits per heavy atom. The van der Waals surface area contributed by atoms with Gasteiger partial charge in [0.15, 0.2) is 0 Å². The third-order valence-electron chi connectivity index (χ3n) is 4.29. The van der Waals surface area contributed by atoms with Crippen molar-refractivity contribution < 1.29 is 19.1 Å². The molecule has 0 saturated carbocycles. The molecule has 1 aromatic carbocycles. The summed E-state index contributed by atoms with van der Waals surface area (Å²) in [5.74, 6) is -0.0500. The number of aryl methyl sites for hydroxylation is 1. The number of anilines is 1. The number of fused-ring (bicyclic) bond motifs is 1. The summed E-state index contributed by atoms with van der Waals surface area (Å²) in [6.45, 7) is 4.64. The predicted octanol–water partition coefficient (Wildman–Crippen LogP) is 1.95. The van der Waals surface area contributed by atoms with Gasteiger partial charge in [0.2, 0.25) is 5.91 Å². The number of pyridine rings is 1. The van der Waals surface area contributed by atoms with Crippen LogP contribution in [-0.4, -0.2) is 41.7 Å². The van der Waals surface area contributed by atoms with E-state index in [1.54, 1.807) is 24.0 Å². The monoisotopic (exact) mass is 346 g/mol. The minimum Gasteiger partial charge on any atom is -0.465 e. The maximum absolute atomic E-state index is 14.3. The Labute approximate surface area is 143 Å². The molecular weight excluding hydrogens is 327 g/mol. The molecule has 2 aromatic rings. The smallest absolute Gasteiger partial charge is 0.405 e. The standard InChI is InChI=1S/C17H19FN4O3/c1-9-3-4-13(18)12-7-11(10(2)20-17(24)25)16(21-15(9)12)22-6-5-19-14(23)8-22/h3-4,7,10,20H,5-6,8H2,1-2H3,(H,19,23)(H,24,25). The molecule has 0 bridgehead atoms. The Bertz CT molecular complexity index is 855. The average molecular weight is 346 g/mol. The first-order valence-corrected chi connectivity index (χ1v) is 7.97. The normalized spacial score (nSPS) is 15.8. The highest BCUT2D eigenvalue weighted by atomic mass is 19.1. The molecule has 1 saturated heterocycles. The first kappa shape index (κ1) is 16.9. The van der Waals surface area contributed by atoms with Crippen molar-refractivity contribution in [3.05, 3.63) is 35.1 Å². The molecule has 1 unspecified atom stereocenters. The molecule has 3 rings (SSSR count). The summed E-state index contributed by atoms with van der Waals surface area (Å²) in [5.41, 5.74) is 1.85. The number of carbonyl (C=O) groups is 2. The van der Waals surface area contributed by atoms with Crippen molar-refractivity contribution >= 4 is 28.7 Å². The lowest BCUT2D eigenvalue weighted by atomic mass is 10.0. The molecule has 3 N–H and O–H groups in total. The minimum absolute atomic E-state index is 0.125. The van der Waals surface area contributed by atoms with E-state index in [9.17, 15) is 14.0 Å². The lowest BCUT2D eigenvalue weighted by molar-refractivity contribution is -0.120. The molecule has 0 radical (unpaired) electrons. The van der Waals surface area contributed by atoms with Crippen LogP contribution in [0.25, 0.3) is 10.9 Å². The summed E-state index contributed by atoms with van der Waals surface area (Å²) < 4.78 is 14.3. The maximum atomic E-state index is 14.3. The largest absolute Gasteiger partial charge is 0.465 e. The van der Waals surface area contributed by atoms with E-state index in [4.69, 9.17) is 5.11 Å². The number of rotatable bonds is 3. The van der Waals surface area contributed by atoms with Gasteiger partial charge in [0.05, 0.1) is 18.1 Å². The molecule has 0 spiro atoms. The summed E-state index contributed by atoms with van der Waals surface area (Å²) in [4.78, 5) is 29.1. The SMILES string of the molecule is Cc1ccc(F)c2cc(C(C)NC(=O)O)c(N3CCNC(=O)C3)nc12. The van der Waals surface area contributed by atoms with E-state index in [1.165, 1.54) is 6.07 Å². The Morgan fingerprint density at radius 1 is 1.48 bits per heavy atom. The van der Waals surface area contributed by atoms with Crippen molar-refractivity contribution in [2.45, 2.75) is 19.9 Å². The number of benzene rings is 1. The van der Waals surface area contributed by atoms with Gasteiger partial charge >= 0.3 is 6.09 Å². The molecule has 0 aliphatic carbocycles. The third-order valence-corrected chi connectivity index (χ3v) is 4.29. The Balaban J connectivity index is 2.18. The molecule has 1 aliphatic rings. The molecule has 25 heavy (non-hydrogen) atoms. The Morgan fingerprint density at radius 2 is 2.24 bits per heavy atom. The predicted molar refractivity (Wildman–Crippen MR) is 91.2 cm³/mol. The molecule has 1 aliphatic heterocycles. The summed E-state index contributed by atoms with van der Waals surface area (Å²) in [6.07, 6.45) is -1.18. The number of carboxylic acid groups (broad SMARTS) is 1. The van der Waals surface area contributed by atoms with Crippen molar-refractivity contribution in [2.24, 2.45) is 0 Å². The quantitative estimate of drug-likeness (QED) is 0.790. The van der Waals surface area contributed by atoms with Gasteiger partial charge in [0, 0.05) is 24.0 Å². The highest BCUT2D eigenvalue weighted by molar-refractivity contribution is 5.87. The number of amides is 2. The molecule has 132 valence electrons. The van der Waals surface area contributed by atoms with Crippen LogP contribution in [0.1, 0.15) is 24.1 Å². The van der Waals surface area contributed by atoms with Gasteiger partial charge < -0.3 is 20.6 Å². The van der Waals surface area contributed by atoms with Gasteiger partial charge in [0.1, 0.15) is 11.6 Å². The van der Waals surface area contributed by atoms with Crippen molar-refractivity contribution in [3.8, 4) is 0 Å². The molecule has 1 atom stereocenters. The van der Waals surface area contributed by atoms with Crippen LogP contribution in [0.4, 0.5) is 15.0 Å².